The molecule has 0 aromatic carbocycles. The van der Waals surface area contributed by atoms with E-state index in [4.69, 9.17) is 5.73 Å². The van der Waals surface area contributed by atoms with E-state index in [2.05, 4.69) is 29.8 Å². The lowest BCUT2D eigenvalue weighted by molar-refractivity contribution is -0.124. The first kappa shape index (κ1) is 19.1. The zero-order valence-electron chi connectivity index (χ0n) is 15.7. The molecule has 0 bridgehead atoms. The monoisotopic (exact) mass is 331 g/mol. The van der Waals surface area contributed by atoms with Crippen molar-refractivity contribution < 1.29 is 4.79 Å². The highest BCUT2D eigenvalue weighted by atomic mass is 16.1. The third kappa shape index (κ3) is 4.87. The van der Waals surface area contributed by atoms with Crippen LogP contribution < -0.4 is 5.73 Å². The number of nitrogens with zero attached hydrogens (tertiary/aromatic N) is 2. The van der Waals surface area contributed by atoms with Crippen molar-refractivity contribution in [1.29, 1.82) is 0 Å². The Morgan fingerprint density at radius 2 is 1.92 bits per heavy atom. The van der Waals surface area contributed by atoms with Crippen LogP contribution in [-0.2, 0) is 11.2 Å². The number of hydrogen-bond donors (Lipinski definition) is 1. The van der Waals surface area contributed by atoms with Crippen molar-refractivity contribution >= 4 is 5.78 Å². The summed E-state index contributed by atoms with van der Waals surface area (Å²) >= 11 is 0. The van der Waals surface area contributed by atoms with Crippen molar-refractivity contribution in [1.82, 2.24) is 9.88 Å². The molecule has 0 radical (unpaired) electrons. The molecule has 1 atom stereocenters. The van der Waals surface area contributed by atoms with Gasteiger partial charge in [0.05, 0.1) is 6.04 Å². The lowest BCUT2D eigenvalue weighted by atomic mass is 9.70. The van der Waals surface area contributed by atoms with E-state index in [0.717, 1.165) is 38.0 Å². The highest BCUT2D eigenvalue weighted by molar-refractivity contribution is 5.84. The van der Waals surface area contributed by atoms with E-state index in [0.29, 0.717) is 12.5 Å². The van der Waals surface area contributed by atoms with Gasteiger partial charge in [0.15, 0.2) is 0 Å². The fourth-order valence-electron chi connectivity index (χ4n) is 3.68. The third-order valence-corrected chi connectivity index (χ3v) is 5.51. The summed E-state index contributed by atoms with van der Waals surface area (Å²) in [6.07, 6.45) is 5.37. The third-order valence-electron chi connectivity index (χ3n) is 5.51. The van der Waals surface area contributed by atoms with Crippen molar-refractivity contribution in [2.45, 2.75) is 65.5 Å². The minimum atomic E-state index is -0.353. The first-order valence-corrected chi connectivity index (χ1v) is 9.25. The molecule has 2 N–H and O–H groups in total. The number of carbonyl (C=O) groups is 1. The van der Waals surface area contributed by atoms with Crippen molar-refractivity contribution in [2.75, 3.05) is 13.1 Å². The molecule has 1 saturated heterocycles. The summed E-state index contributed by atoms with van der Waals surface area (Å²) in [6, 6.07) is 6.25. The summed E-state index contributed by atoms with van der Waals surface area (Å²) < 4.78 is 0. The summed E-state index contributed by atoms with van der Waals surface area (Å²) in [5.41, 5.74) is 7.22. The van der Waals surface area contributed by atoms with Crippen LogP contribution in [0.4, 0.5) is 0 Å². The van der Waals surface area contributed by atoms with E-state index < -0.39 is 0 Å². The maximum atomic E-state index is 12.7. The quantitative estimate of drug-likeness (QED) is 0.834. The van der Waals surface area contributed by atoms with Crippen molar-refractivity contribution in [3.63, 3.8) is 0 Å². The molecule has 1 aliphatic rings. The maximum Gasteiger partial charge on any atom is 0.150 e. The fourth-order valence-corrected chi connectivity index (χ4v) is 3.68. The van der Waals surface area contributed by atoms with Gasteiger partial charge in [0.25, 0.3) is 0 Å². The van der Waals surface area contributed by atoms with Gasteiger partial charge < -0.3 is 10.6 Å². The van der Waals surface area contributed by atoms with E-state index >= 15 is 0 Å². The standard InChI is InChI=1S/C20H33N3O/c1-15(2)19(21)18(24)14-20(13-17-7-5-6-10-22-17)8-11-23(12-9-20)16(3)4/h5-7,10,15-16,19H,8-9,11-14,21H2,1-4H3. The number of aromatic nitrogens is 1. The summed E-state index contributed by atoms with van der Waals surface area (Å²) in [5, 5.41) is 0. The van der Waals surface area contributed by atoms with E-state index in [-0.39, 0.29) is 23.2 Å². The fraction of sp³-hybridized carbons (Fsp3) is 0.700. The molecule has 134 valence electrons. The predicted octanol–water partition coefficient (Wildman–Crippen LogP) is 3.06. The second-order valence-electron chi connectivity index (χ2n) is 8.04. The van der Waals surface area contributed by atoms with E-state index in [9.17, 15) is 4.79 Å². The average Bonchev–Trinajstić information content (AvgIpc) is 2.55. The van der Waals surface area contributed by atoms with Gasteiger partial charge in [-0.05, 0) is 69.7 Å². The Labute approximate surface area is 146 Å². The molecular weight excluding hydrogens is 298 g/mol. The van der Waals surface area contributed by atoms with Gasteiger partial charge in [-0.25, -0.2) is 0 Å². The van der Waals surface area contributed by atoms with Crippen molar-refractivity contribution in [3.8, 4) is 0 Å². The van der Waals surface area contributed by atoms with Crippen LogP contribution in [0.1, 0.15) is 52.7 Å². The lowest BCUT2D eigenvalue weighted by Gasteiger charge is -2.43. The van der Waals surface area contributed by atoms with Crippen LogP contribution in [0.2, 0.25) is 0 Å². The number of nitrogens with two attached hydrogens (primary N) is 1. The summed E-state index contributed by atoms with van der Waals surface area (Å²) in [4.78, 5) is 19.7. The van der Waals surface area contributed by atoms with Crippen molar-refractivity contribution in [3.05, 3.63) is 30.1 Å². The molecule has 1 unspecified atom stereocenters. The van der Waals surface area contributed by atoms with Gasteiger partial charge in [-0.1, -0.05) is 19.9 Å². The van der Waals surface area contributed by atoms with Crippen LogP contribution >= 0.6 is 0 Å². The normalized spacial score (nSPS) is 19.6. The van der Waals surface area contributed by atoms with Crippen molar-refractivity contribution in [2.24, 2.45) is 17.1 Å². The molecule has 1 aromatic rings. The number of ketones is 1. The van der Waals surface area contributed by atoms with Crippen LogP contribution in [0, 0.1) is 11.3 Å². The molecule has 1 fully saturated rings. The number of carbonyl (C=O) groups excluding carboxylic acids is 1. The van der Waals surface area contributed by atoms with Gasteiger partial charge in [-0.3, -0.25) is 9.78 Å². The summed E-state index contributed by atoms with van der Waals surface area (Å²) in [7, 11) is 0. The highest BCUT2D eigenvalue weighted by Gasteiger charge is 2.38. The summed E-state index contributed by atoms with van der Waals surface area (Å²) in [6.45, 7) is 10.6. The van der Waals surface area contributed by atoms with Gasteiger partial charge >= 0.3 is 0 Å². The van der Waals surface area contributed by atoms with Gasteiger partial charge in [0, 0.05) is 24.4 Å². The molecule has 0 amide bonds. The van der Waals surface area contributed by atoms with E-state index in [1.54, 1.807) is 0 Å². The molecule has 2 rings (SSSR count). The first-order chi connectivity index (χ1) is 11.3. The largest absolute Gasteiger partial charge is 0.321 e. The van der Waals surface area contributed by atoms with Gasteiger partial charge in [0.2, 0.25) is 0 Å². The smallest absolute Gasteiger partial charge is 0.150 e. The molecule has 24 heavy (non-hydrogen) atoms. The number of hydrogen-bond acceptors (Lipinski definition) is 4. The summed E-state index contributed by atoms with van der Waals surface area (Å²) in [5.74, 6) is 0.402. The van der Waals surface area contributed by atoms with Crippen LogP contribution in [-0.4, -0.2) is 40.8 Å². The Hall–Kier alpha value is -1.26. The highest BCUT2D eigenvalue weighted by Crippen LogP contribution is 2.39. The van der Waals surface area contributed by atoms with Gasteiger partial charge in [0.1, 0.15) is 5.78 Å². The van der Waals surface area contributed by atoms with Crippen LogP contribution in [0.25, 0.3) is 0 Å². The van der Waals surface area contributed by atoms with Crippen LogP contribution in [0.3, 0.4) is 0 Å². The number of piperidine rings is 1. The Morgan fingerprint density at radius 3 is 2.42 bits per heavy atom. The molecule has 0 spiro atoms. The van der Waals surface area contributed by atoms with Gasteiger partial charge in [-0.15, -0.1) is 0 Å². The molecule has 1 aliphatic heterocycles. The Bertz CT molecular complexity index is 519. The van der Waals surface area contributed by atoms with Crippen LogP contribution in [0.5, 0.6) is 0 Å². The second kappa shape index (κ2) is 8.21. The molecule has 2 heterocycles. The zero-order valence-corrected chi connectivity index (χ0v) is 15.7. The Morgan fingerprint density at radius 1 is 1.25 bits per heavy atom. The number of rotatable bonds is 7. The molecule has 0 aliphatic carbocycles. The molecule has 4 nitrogen and oxygen atoms in total. The second-order valence-corrected chi connectivity index (χ2v) is 8.04. The zero-order chi connectivity index (χ0) is 17.7. The number of Topliss-reactive ketones (excluding diaryl/α,β-unsaturated/α-hetero) is 1. The minimum Gasteiger partial charge on any atom is -0.321 e. The molecule has 1 aromatic heterocycles. The average molecular weight is 332 g/mol. The Kier molecular flexibility index (Phi) is 6.53. The maximum absolute atomic E-state index is 12.7. The first-order valence-electron chi connectivity index (χ1n) is 9.25. The van der Waals surface area contributed by atoms with E-state index in [1.807, 2.05) is 32.2 Å². The molecule has 0 saturated carbocycles. The van der Waals surface area contributed by atoms with E-state index in [1.165, 1.54) is 0 Å². The SMILES string of the molecule is CC(C)C(N)C(=O)CC1(Cc2ccccn2)CCN(C(C)C)CC1. The number of likely N-dealkylation sites (tertiary alicyclic amines) is 1. The van der Waals surface area contributed by atoms with Crippen LogP contribution in [0.15, 0.2) is 24.4 Å². The lowest BCUT2D eigenvalue weighted by Crippen LogP contribution is -2.47. The van der Waals surface area contributed by atoms with Gasteiger partial charge in [-0.2, -0.15) is 0 Å². The number of pyridine rings is 1. The molecule has 4 heteroatoms. The predicted molar refractivity (Wildman–Crippen MR) is 98.8 cm³/mol. The molecular formula is C20H33N3O. The topological polar surface area (TPSA) is 59.2 Å². The minimum absolute atomic E-state index is 0.00331. The Balaban J connectivity index is 2.14.